The van der Waals surface area contributed by atoms with Gasteiger partial charge in [0.05, 0.1) is 0 Å². The van der Waals surface area contributed by atoms with Gasteiger partial charge in [-0.3, -0.25) is 9.59 Å². The van der Waals surface area contributed by atoms with E-state index in [0.29, 0.717) is 5.56 Å². The number of anilines is 2. The number of benzene rings is 2. The summed E-state index contributed by atoms with van der Waals surface area (Å²) in [5.41, 5.74) is 3.77. The molecule has 2 aromatic rings. The Labute approximate surface area is 179 Å². The number of fused-ring (bicyclic) bond motifs is 1. The minimum atomic E-state index is 0.0280. The highest BCUT2D eigenvalue weighted by molar-refractivity contribution is 6.07. The zero-order valence-electron chi connectivity index (χ0n) is 18.0. The Hall–Kier alpha value is -2.66. The molecule has 0 N–H and O–H groups in total. The number of hydrogen-bond donors (Lipinski definition) is 0. The van der Waals surface area contributed by atoms with Gasteiger partial charge in [-0.15, -0.1) is 0 Å². The fraction of sp³-hybridized carbons (Fsp3) is 0.440. The largest absolute Gasteiger partial charge is 0.315 e. The van der Waals surface area contributed by atoms with E-state index in [2.05, 4.69) is 18.0 Å². The van der Waals surface area contributed by atoms with Crippen LogP contribution in [-0.4, -0.2) is 50.4 Å². The fourth-order valence-electron chi connectivity index (χ4n) is 4.54. The van der Waals surface area contributed by atoms with E-state index in [4.69, 9.17) is 0 Å². The molecule has 0 unspecified atom stereocenters. The van der Waals surface area contributed by atoms with E-state index in [1.54, 1.807) is 4.90 Å². The van der Waals surface area contributed by atoms with Crippen molar-refractivity contribution in [3.63, 3.8) is 0 Å². The number of rotatable bonds is 3. The molecule has 0 atom stereocenters. The average Bonchev–Trinajstić information content (AvgIpc) is 3.01. The third kappa shape index (κ3) is 4.26. The van der Waals surface area contributed by atoms with E-state index >= 15 is 0 Å². The molecule has 158 valence electrons. The summed E-state index contributed by atoms with van der Waals surface area (Å²) in [6.07, 6.45) is 4.94. The predicted molar refractivity (Wildman–Crippen MR) is 121 cm³/mol. The number of para-hydroxylation sites is 1. The van der Waals surface area contributed by atoms with Crippen molar-refractivity contribution in [2.45, 2.75) is 32.1 Å². The Balaban J connectivity index is 1.48. The van der Waals surface area contributed by atoms with Gasteiger partial charge >= 0.3 is 0 Å². The van der Waals surface area contributed by atoms with Gasteiger partial charge in [0, 0.05) is 36.4 Å². The molecule has 2 aromatic carbocycles. The van der Waals surface area contributed by atoms with Crippen LogP contribution >= 0.6 is 0 Å². The molecule has 0 spiro atoms. The molecular weight excluding hydrogens is 374 g/mol. The second-order valence-corrected chi connectivity index (χ2v) is 8.56. The van der Waals surface area contributed by atoms with Gasteiger partial charge in [-0.1, -0.05) is 18.2 Å². The first-order chi connectivity index (χ1) is 14.5. The molecule has 0 bridgehead atoms. The molecule has 1 saturated heterocycles. The lowest BCUT2D eigenvalue weighted by molar-refractivity contribution is -0.123. The van der Waals surface area contributed by atoms with Gasteiger partial charge in [-0.25, -0.2) is 0 Å². The molecule has 0 radical (unpaired) electrons. The second kappa shape index (κ2) is 9.00. The van der Waals surface area contributed by atoms with Gasteiger partial charge in [-0.2, -0.15) is 0 Å². The van der Waals surface area contributed by atoms with Crippen LogP contribution in [0.4, 0.5) is 11.4 Å². The van der Waals surface area contributed by atoms with E-state index in [-0.39, 0.29) is 17.7 Å². The Bertz CT molecular complexity index is 901. The summed E-state index contributed by atoms with van der Waals surface area (Å²) >= 11 is 0. The number of carbonyl (C=O) groups excluding carboxylic acids is 2. The molecule has 0 aliphatic carbocycles. The minimum absolute atomic E-state index is 0.0280. The monoisotopic (exact) mass is 405 g/mol. The van der Waals surface area contributed by atoms with Crippen LogP contribution < -0.4 is 9.80 Å². The highest BCUT2D eigenvalue weighted by Crippen LogP contribution is 2.28. The zero-order valence-corrected chi connectivity index (χ0v) is 18.0. The van der Waals surface area contributed by atoms with E-state index in [0.717, 1.165) is 63.1 Å². The maximum atomic E-state index is 13.2. The van der Waals surface area contributed by atoms with Crippen molar-refractivity contribution < 1.29 is 9.59 Å². The van der Waals surface area contributed by atoms with Gasteiger partial charge in [0.1, 0.15) is 0 Å². The van der Waals surface area contributed by atoms with Gasteiger partial charge in [0.15, 0.2) is 0 Å². The molecule has 30 heavy (non-hydrogen) atoms. The summed E-state index contributed by atoms with van der Waals surface area (Å²) in [5.74, 6) is 0.282. The standard InChI is InChI=1S/C25H31N3O2/c1-26-17-14-21(15-18-26)24(29)27(2)22-12-10-20(11-13-22)25(30)28-16-6-5-8-19-7-3-4-9-23(19)28/h3-4,7,9-13,21H,5-6,8,14-18H2,1-2H3. The molecule has 2 amide bonds. The Morgan fingerprint density at radius 3 is 2.37 bits per heavy atom. The van der Waals surface area contributed by atoms with Crippen molar-refractivity contribution in [1.29, 1.82) is 0 Å². The van der Waals surface area contributed by atoms with Crippen molar-refractivity contribution >= 4 is 23.2 Å². The van der Waals surface area contributed by atoms with E-state index in [9.17, 15) is 9.59 Å². The Morgan fingerprint density at radius 2 is 1.63 bits per heavy atom. The van der Waals surface area contributed by atoms with Crippen molar-refractivity contribution in [3.8, 4) is 0 Å². The van der Waals surface area contributed by atoms with Crippen LogP contribution in [0.2, 0.25) is 0 Å². The molecule has 5 nitrogen and oxygen atoms in total. The summed E-state index contributed by atoms with van der Waals surface area (Å²) < 4.78 is 0. The van der Waals surface area contributed by atoms with Gasteiger partial charge in [0.2, 0.25) is 5.91 Å². The maximum absolute atomic E-state index is 13.2. The van der Waals surface area contributed by atoms with Gasteiger partial charge in [0.25, 0.3) is 5.91 Å². The summed E-state index contributed by atoms with van der Waals surface area (Å²) in [6, 6.07) is 15.7. The third-order valence-electron chi connectivity index (χ3n) is 6.51. The molecule has 1 fully saturated rings. The Kier molecular flexibility index (Phi) is 6.18. The summed E-state index contributed by atoms with van der Waals surface area (Å²) in [7, 11) is 3.94. The van der Waals surface area contributed by atoms with Crippen molar-refractivity contribution in [3.05, 3.63) is 59.7 Å². The molecule has 0 aromatic heterocycles. The van der Waals surface area contributed by atoms with E-state index in [1.165, 1.54) is 5.56 Å². The topological polar surface area (TPSA) is 43.9 Å². The highest BCUT2D eigenvalue weighted by Gasteiger charge is 2.27. The van der Waals surface area contributed by atoms with Crippen LogP contribution in [-0.2, 0) is 11.2 Å². The SMILES string of the molecule is CN1CCC(C(=O)N(C)c2ccc(C(=O)N3CCCCc4ccccc43)cc2)CC1. The summed E-state index contributed by atoms with van der Waals surface area (Å²) in [4.78, 5) is 32.0. The molecule has 0 saturated carbocycles. The molecular formula is C25H31N3O2. The van der Waals surface area contributed by atoms with Crippen molar-refractivity contribution in [1.82, 2.24) is 4.90 Å². The number of aryl methyl sites for hydroxylation is 1. The normalized spacial score (nSPS) is 17.9. The predicted octanol–water partition coefficient (Wildman–Crippen LogP) is 3.97. The van der Waals surface area contributed by atoms with Crippen LogP contribution in [0.15, 0.2) is 48.5 Å². The van der Waals surface area contributed by atoms with Crippen LogP contribution in [0.25, 0.3) is 0 Å². The lowest BCUT2D eigenvalue weighted by atomic mass is 9.95. The first-order valence-corrected chi connectivity index (χ1v) is 11.0. The number of hydrogen-bond acceptors (Lipinski definition) is 3. The van der Waals surface area contributed by atoms with Crippen LogP contribution in [0.3, 0.4) is 0 Å². The van der Waals surface area contributed by atoms with Gasteiger partial charge < -0.3 is 14.7 Å². The van der Waals surface area contributed by atoms with Crippen molar-refractivity contribution in [2.75, 3.05) is 43.5 Å². The van der Waals surface area contributed by atoms with E-state index < -0.39 is 0 Å². The number of carbonyl (C=O) groups is 2. The first kappa shape index (κ1) is 20.6. The quantitative estimate of drug-likeness (QED) is 0.776. The molecule has 5 heteroatoms. The van der Waals surface area contributed by atoms with Gasteiger partial charge in [-0.05, 0) is 88.1 Å². The number of likely N-dealkylation sites (tertiary alicyclic amines) is 1. The molecule has 2 aliphatic heterocycles. The average molecular weight is 406 g/mol. The minimum Gasteiger partial charge on any atom is -0.315 e. The van der Waals surface area contributed by atoms with Crippen molar-refractivity contribution in [2.24, 2.45) is 5.92 Å². The molecule has 4 rings (SSSR count). The highest BCUT2D eigenvalue weighted by atomic mass is 16.2. The summed E-state index contributed by atoms with van der Waals surface area (Å²) in [6.45, 7) is 2.68. The lowest BCUT2D eigenvalue weighted by Crippen LogP contribution is -2.40. The fourth-order valence-corrected chi connectivity index (χ4v) is 4.54. The van der Waals surface area contributed by atoms with Crippen LogP contribution in [0.5, 0.6) is 0 Å². The third-order valence-corrected chi connectivity index (χ3v) is 6.51. The van der Waals surface area contributed by atoms with Crippen LogP contribution in [0, 0.1) is 5.92 Å². The second-order valence-electron chi connectivity index (χ2n) is 8.56. The molecule has 2 heterocycles. The number of amides is 2. The Morgan fingerprint density at radius 1 is 0.933 bits per heavy atom. The smallest absolute Gasteiger partial charge is 0.258 e. The molecule has 2 aliphatic rings. The maximum Gasteiger partial charge on any atom is 0.258 e. The zero-order chi connectivity index (χ0) is 21.1. The van der Waals surface area contributed by atoms with E-state index in [1.807, 2.05) is 54.4 Å². The summed E-state index contributed by atoms with van der Waals surface area (Å²) in [5, 5.41) is 0. The number of nitrogens with zero attached hydrogens (tertiary/aromatic N) is 3. The van der Waals surface area contributed by atoms with Crippen LogP contribution in [0.1, 0.15) is 41.6 Å². The lowest BCUT2D eigenvalue weighted by Gasteiger charge is -2.31. The first-order valence-electron chi connectivity index (χ1n) is 11.0. The number of piperidine rings is 1.